The quantitative estimate of drug-likeness (QED) is 0.836. The van der Waals surface area contributed by atoms with Crippen LogP contribution in [-0.2, 0) is 9.53 Å². The Hall–Kier alpha value is -2.51. The highest BCUT2D eigenvalue weighted by atomic mass is 19.2. The van der Waals surface area contributed by atoms with Gasteiger partial charge in [-0.25, -0.2) is 18.5 Å². The fourth-order valence-corrected chi connectivity index (χ4v) is 2.48. The van der Waals surface area contributed by atoms with E-state index in [-0.39, 0.29) is 24.6 Å². The number of nitrogens with zero attached hydrogens (tertiary/aromatic N) is 2. The summed E-state index contributed by atoms with van der Waals surface area (Å²) in [5, 5.41) is 0. The van der Waals surface area contributed by atoms with Crippen LogP contribution in [0.15, 0.2) is 18.2 Å². The zero-order chi connectivity index (χ0) is 15.9. The van der Waals surface area contributed by atoms with Crippen molar-refractivity contribution in [3.05, 3.63) is 35.4 Å². The number of hydrogen-bond donors (Lipinski definition) is 0. The molecular formula is C14H12F2N2O4. The number of imide groups is 1. The summed E-state index contributed by atoms with van der Waals surface area (Å²) in [6.45, 7) is 0.631. The molecule has 0 atom stereocenters. The van der Waals surface area contributed by atoms with Crippen molar-refractivity contribution in [1.82, 2.24) is 9.80 Å². The van der Waals surface area contributed by atoms with Gasteiger partial charge in [0.1, 0.15) is 0 Å². The molecule has 22 heavy (non-hydrogen) atoms. The molecule has 0 unspecified atom stereocenters. The minimum Gasteiger partial charge on any atom is -0.439 e. The molecule has 1 aromatic rings. The molecule has 1 aromatic carbocycles. The number of likely N-dealkylation sites (tertiary alicyclic amines) is 1. The first-order valence-electron chi connectivity index (χ1n) is 6.67. The average Bonchev–Trinajstić information content (AvgIpc) is 2.75. The average molecular weight is 310 g/mol. The molecule has 0 aliphatic carbocycles. The van der Waals surface area contributed by atoms with Crippen LogP contribution in [0.2, 0.25) is 0 Å². The van der Waals surface area contributed by atoms with E-state index in [1.165, 1.54) is 11.0 Å². The number of cyclic esters (lactones) is 1. The molecule has 2 aliphatic heterocycles. The molecule has 0 aromatic heterocycles. The largest absolute Gasteiger partial charge is 0.439 e. The van der Waals surface area contributed by atoms with Crippen LogP contribution < -0.4 is 0 Å². The van der Waals surface area contributed by atoms with E-state index in [0.29, 0.717) is 13.1 Å². The van der Waals surface area contributed by atoms with Crippen LogP contribution in [0.3, 0.4) is 0 Å². The molecule has 2 saturated heterocycles. The van der Waals surface area contributed by atoms with E-state index in [4.69, 9.17) is 0 Å². The van der Waals surface area contributed by atoms with E-state index in [1.807, 2.05) is 0 Å². The molecule has 8 heteroatoms. The second-order valence-electron chi connectivity index (χ2n) is 5.26. The van der Waals surface area contributed by atoms with Crippen molar-refractivity contribution in [2.45, 2.75) is 0 Å². The lowest BCUT2D eigenvalue weighted by Gasteiger charge is -2.40. The summed E-state index contributed by atoms with van der Waals surface area (Å²) < 4.78 is 30.6. The van der Waals surface area contributed by atoms with Crippen molar-refractivity contribution in [2.24, 2.45) is 5.92 Å². The Labute approximate surface area is 124 Å². The summed E-state index contributed by atoms with van der Waals surface area (Å²) in [4.78, 5) is 37.2. The molecule has 0 N–H and O–H groups in total. The minimum absolute atomic E-state index is 0.0381. The van der Waals surface area contributed by atoms with Gasteiger partial charge >= 0.3 is 6.09 Å². The molecule has 6 nitrogen and oxygen atoms in total. The van der Waals surface area contributed by atoms with Crippen molar-refractivity contribution >= 4 is 17.9 Å². The smallest absolute Gasteiger partial charge is 0.417 e. The second-order valence-corrected chi connectivity index (χ2v) is 5.26. The summed E-state index contributed by atoms with van der Waals surface area (Å²) in [7, 11) is 0. The molecule has 2 aliphatic rings. The van der Waals surface area contributed by atoms with Crippen molar-refractivity contribution in [1.29, 1.82) is 0 Å². The molecule has 2 heterocycles. The molecule has 2 fully saturated rings. The van der Waals surface area contributed by atoms with Crippen molar-refractivity contribution in [3.8, 4) is 0 Å². The van der Waals surface area contributed by atoms with Gasteiger partial charge in [-0.3, -0.25) is 9.59 Å². The number of benzene rings is 1. The van der Waals surface area contributed by atoms with Gasteiger partial charge in [0.15, 0.2) is 18.2 Å². The first kappa shape index (κ1) is 14.4. The Bertz CT molecular complexity index is 642. The van der Waals surface area contributed by atoms with Gasteiger partial charge < -0.3 is 9.64 Å². The number of rotatable bonds is 3. The second kappa shape index (κ2) is 5.36. The van der Waals surface area contributed by atoms with Gasteiger partial charge in [0.05, 0.1) is 0 Å². The topological polar surface area (TPSA) is 66.9 Å². The monoisotopic (exact) mass is 310 g/mol. The molecule has 116 valence electrons. The number of amides is 3. The van der Waals surface area contributed by atoms with Crippen LogP contribution in [0.5, 0.6) is 0 Å². The Morgan fingerprint density at radius 1 is 1.23 bits per heavy atom. The summed E-state index contributed by atoms with van der Waals surface area (Å²) >= 11 is 0. The van der Waals surface area contributed by atoms with E-state index in [2.05, 4.69) is 4.74 Å². The number of halogens is 2. The minimum atomic E-state index is -1.08. The van der Waals surface area contributed by atoms with Crippen molar-refractivity contribution in [3.63, 3.8) is 0 Å². The maximum atomic E-state index is 13.1. The van der Waals surface area contributed by atoms with Crippen LogP contribution in [-0.4, -0.2) is 53.9 Å². The first-order valence-corrected chi connectivity index (χ1v) is 6.67. The van der Waals surface area contributed by atoms with Crippen molar-refractivity contribution < 1.29 is 27.9 Å². The molecule has 3 rings (SSSR count). The van der Waals surface area contributed by atoms with Gasteiger partial charge in [-0.05, 0) is 18.2 Å². The number of hydrogen-bond acceptors (Lipinski definition) is 4. The Morgan fingerprint density at radius 2 is 1.95 bits per heavy atom. The third-order valence-electron chi connectivity index (χ3n) is 3.69. The van der Waals surface area contributed by atoms with Gasteiger partial charge in [-0.15, -0.1) is 0 Å². The van der Waals surface area contributed by atoms with E-state index in [0.717, 1.165) is 17.0 Å². The Morgan fingerprint density at radius 3 is 2.55 bits per heavy atom. The molecule has 0 bridgehead atoms. The van der Waals surface area contributed by atoms with Crippen LogP contribution in [0.4, 0.5) is 13.6 Å². The van der Waals surface area contributed by atoms with Gasteiger partial charge in [-0.2, -0.15) is 0 Å². The molecule has 0 spiro atoms. The standard InChI is InChI=1S/C14H12F2N2O4/c15-10-2-1-9(3-11(10)16)13(20)17-4-8(5-17)6-18-12(19)7-22-14(18)21/h1-3,8H,4-7H2. The first-order chi connectivity index (χ1) is 10.5. The zero-order valence-electron chi connectivity index (χ0n) is 11.4. The third-order valence-corrected chi connectivity index (χ3v) is 3.69. The van der Waals surface area contributed by atoms with E-state index < -0.39 is 29.5 Å². The lowest BCUT2D eigenvalue weighted by atomic mass is 9.98. The highest BCUT2D eigenvalue weighted by Gasteiger charge is 2.38. The molecule has 0 radical (unpaired) electrons. The maximum absolute atomic E-state index is 13.1. The third kappa shape index (κ3) is 2.51. The van der Waals surface area contributed by atoms with Crippen LogP contribution in [0.1, 0.15) is 10.4 Å². The summed E-state index contributed by atoms with van der Waals surface area (Å²) in [5.41, 5.74) is 0.0639. The fraction of sp³-hybridized carbons (Fsp3) is 0.357. The Balaban J connectivity index is 1.56. The van der Waals surface area contributed by atoms with Gasteiger partial charge in [0.2, 0.25) is 0 Å². The fourth-order valence-electron chi connectivity index (χ4n) is 2.48. The van der Waals surface area contributed by atoms with Gasteiger partial charge in [0.25, 0.3) is 11.8 Å². The maximum Gasteiger partial charge on any atom is 0.417 e. The summed E-state index contributed by atoms with van der Waals surface area (Å²) in [6, 6.07) is 2.97. The van der Waals surface area contributed by atoms with Gasteiger partial charge in [0, 0.05) is 31.1 Å². The lowest BCUT2D eigenvalue weighted by Crippen LogP contribution is -2.54. The van der Waals surface area contributed by atoms with Gasteiger partial charge in [-0.1, -0.05) is 0 Å². The van der Waals surface area contributed by atoms with Crippen molar-refractivity contribution in [2.75, 3.05) is 26.2 Å². The molecule has 3 amide bonds. The number of ether oxygens (including phenoxy) is 1. The lowest BCUT2D eigenvalue weighted by molar-refractivity contribution is -0.126. The predicted octanol–water partition coefficient (Wildman–Crippen LogP) is 1.02. The van der Waals surface area contributed by atoms with E-state index >= 15 is 0 Å². The number of carbonyl (C=O) groups is 3. The zero-order valence-corrected chi connectivity index (χ0v) is 11.4. The van der Waals surface area contributed by atoms with Crippen LogP contribution in [0, 0.1) is 17.6 Å². The van der Waals surface area contributed by atoms with Crippen LogP contribution in [0.25, 0.3) is 0 Å². The predicted molar refractivity (Wildman–Crippen MR) is 68.8 cm³/mol. The highest BCUT2D eigenvalue weighted by Crippen LogP contribution is 2.22. The summed E-state index contributed by atoms with van der Waals surface area (Å²) in [5.74, 6) is -2.93. The highest BCUT2D eigenvalue weighted by molar-refractivity contribution is 5.98. The molecular weight excluding hydrogens is 298 g/mol. The van der Waals surface area contributed by atoms with E-state index in [9.17, 15) is 23.2 Å². The normalized spacial score (nSPS) is 18.5. The molecule has 0 saturated carbocycles. The Kier molecular flexibility index (Phi) is 3.51. The van der Waals surface area contributed by atoms with E-state index in [1.54, 1.807) is 0 Å². The number of carbonyl (C=O) groups excluding carboxylic acids is 3. The SMILES string of the molecule is O=C(c1ccc(F)c(F)c1)N1CC(CN2C(=O)COC2=O)C1. The summed E-state index contributed by atoms with van der Waals surface area (Å²) in [6.07, 6.45) is -0.671. The van der Waals surface area contributed by atoms with Crippen LogP contribution >= 0.6 is 0 Å².